The van der Waals surface area contributed by atoms with Crippen molar-refractivity contribution in [1.29, 1.82) is 0 Å². The summed E-state index contributed by atoms with van der Waals surface area (Å²) in [4.78, 5) is 11.0. The molecule has 0 aromatic rings. The van der Waals surface area contributed by atoms with Gasteiger partial charge in [-0.1, -0.05) is 32.6 Å². The normalized spacial score (nSPS) is 32.5. The van der Waals surface area contributed by atoms with Gasteiger partial charge in [0, 0.05) is 0 Å². The Morgan fingerprint density at radius 3 is 1.87 bits per heavy atom. The van der Waals surface area contributed by atoms with Crippen molar-refractivity contribution in [2.75, 3.05) is 0 Å². The van der Waals surface area contributed by atoms with Crippen LogP contribution in [0.4, 0.5) is 0 Å². The van der Waals surface area contributed by atoms with E-state index in [1.165, 1.54) is 25.7 Å². The van der Waals surface area contributed by atoms with Gasteiger partial charge in [-0.15, -0.1) is 0 Å². The lowest BCUT2D eigenvalue weighted by molar-refractivity contribution is -0.161. The van der Waals surface area contributed by atoms with Crippen LogP contribution in [0.1, 0.15) is 39.0 Å². The molecule has 2 fully saturated rings. The SMILES string of the molecule is C1CCC1.CC1CC1(C(=O)OP)C(O)O. The Kier molecular flexibility index (Phi) is 4.50. The molecule has 5 heteroatoms. The molecule has 88 valence electrons. The highest BCUT2D eigenvalue weighted by molar-refractivity contribution is 7.10. The molecular weight excluding hydrogens is 215 g/mol. The number of hydrogen-bond donors (Lipinski definition) is 2. The average molecular weight is 234 g/mol. The second kappa shape index (κ2) is 5.24. The number of aliphatic hydroxyl groups is 2. The zero-order valence-electron chi connectivity index (χ0n) is 8.98. The van der Waals surface area contributed by atoms with E-state index in [0.29, 0.717) is 6.42 Å². The average Bonchev–Trinajstić information content (AvgIpc) is 2.74. The summed E-state index contributed by atoms with van der Waals surface area (Å²) in [6.07, 6.45) is 4.88. The van der Waals surface area contributed by atoms with Crippen molar-refractivity contribution in [3.8, 4) is 0 Å². The molecule has 0 aromatic heterocycles. The lowest BCUT2D eigenvalue weighted by Crippen LogP contribution is -2.31. The van der Waals surface area contributed by atoms with Crippen LogP contribution in [-0.4, -0.2) is 22.5 Å². The van der Waals surface area contributed by atoms with Crippen LogP contribution in [0.3, 0.4) is 0 Å². The van der Waals surface area contributed by atoms with Crippen molar-refractivity contribution < 1.29 is 19.5 Å². The summed E-state index contributed by atoms with van der Waals surface area (Å²) in [5.41, 5.74) is -1.05. The fourth-order valence-electron chi connectivity index (χ4n) is 1.56. The zero-order chi connectivity index (χ0) is 11.5. The van der Waals surface area contributed by atoms with Crippen molar-refractivity contribution in [1.82, 2.24) is 0 Å². The standard InChI is InChI=1S/C6H11O4P.C4H8/c1-3-2-6(3,4(7)8)5(9)10-11;1-2-4-3-1/h3-4,7-8H,2,11H2,1H3;1-4H2. The summed E-state index contributed by atoms with van der Waals surface area (Å²) in [5.74, 6) is -0.569. The monoisotopic (exact) mass is 234 g/mol. The van der Waals surface area contributed by atoms with Crippen LogP contribution in [0.2, 0.25) is 0 Å². The van der Waals surface area contributed by atoms with E-state index < -0.39 is 17.7 Å². The van der Waals surface area contributed by atoms with Crippen LogP contribution in [0, 0.1) is 11.3 Å². The van der Waals surface area contributed by atoms with Gasteiger partial charge >= 0.3 is 5.97 Å². The van der Waals surface area contributed by atoms with E-state index in [2.05, 4.69) is 4.52 Å². The molecule has 2 saturated carbocycles. The topological polar surface area (TPSA) is 66.8 Å². The molecule has 0 heterocycles. The Morgan fingerprint density at radius 1 is 1.40 bits per heavy atom. The molecule has 0 aliphatic heterocycles. The summed E-state index contributed by atoms with van der Waals surface area (Å²) >= 11 is 0. The van der Waals surface area contributed by atoms with E-state index in [9.17, 15) is 4.79 Å². The Morgan fingerprint density at radius 2 is 1.80 bits per heavy atom. The Hall–Kier alpha value is -0.180. The van der Waals surface area contributed by atoms with Gasteiger partial charge in [-0.2, -0.15) is 0 Å². The van der Waals surface area contributed by atoms with E-state index in [-0.39, 0.29) is 5.92 Å². The molecule has 4 nitrogen and oxygen atoms in total. The van der Waals surface area contributed by atoms with E-state index in [0.717, 1.165) is 0 Å². The van der Waals surface area contributed by atoms with Crippen LogP contribution in [0.25, 0.3) is 0 Å². The predicted molar refractivity (Wildman–Crippen MR) is 58.7 cm³/mol. The van der Waals surface area contributed by atoms with Crippen molar-refractivity contribution >= 4 is 15.4 Å². The van der Waals surface area contributed by atoms with E-state index in [1.54, 1.807) is 6.92 Å². The summed E-state index contributed by atoms with van der Waals surface area (Å²) in [6, 6.07) is 0. The maximum Gasteiger partial charge on any atom is 0.319 e. The van der Waals surface area contributed by atoms with Crippen LogP contribution in [0.15, 0.2) is 0 Å². The van der Waals surface area contributed by atoms with Crippen LogP contribution in [0.5, 0.6) is 0 Å². The predicted octanol–water partition coefficient (Wildman–Crippen LogP) is 1.22. The number of carbonyl (C=O) groups is 1. The van der Waals surface area contributed by atoms with E-state index in [4.69, 9.17) is 10.2 Å². The van der Waals surface area contributed by atoms with Crippen LogP contribution in [-0.2, 0) is 9.32 Å². The minimum absolute atomic E-state index is 0.00412. The second-order valence-corrected chi connectivity index (χ2v) is 4.57. The van der Waals surface area contributed by atoms with Gasteiger partial charge in [0.1, 0.15) is 5.41 Å². The quantitative estimate of drug-likeness (QED) is 0.557. The Bertz CT molecular complexity index is 223. The number of aliphatic hydroxyl groups excluding tert-OH is 1. The molecule has 3 atom stereocenters. The molecule has 2 aliphatic carbocycles. The maximum absolute atomic E-state index is 11.0. The molecule has 0 aromatic carbocycles. The summed E-state index contributed by atoms with van der Waals surface area (Å²) < 4.78 is 4.37. The molecule has 2 aliphatic rings. The van der Waals surface area contributed by atoms with E-state index in [1.807, 2.05) is 9.47 Å². The number of rotatable bonds is 2. The Balaban J connectivity index is 0.000000234. The fraction of sp³-hybridized carbons (Fsp3) is 0.900. The lowest BCUT2D eigenvalue weighted by Gasteiger charge is -2.14. The van der Waals surface area contributed by atoms with E-state index >= 15 is 0 Å². The smallest absolute Gasteiger partial charge is 0.319 e. The van der Waals surface area contributed by atoms with Gasteiger partial charge in [0.15, 0.2) is 6.29 Å². The third-order valence-corrected chi connectivity index (χ3v) is 3.53. The highest BCUT2D eigenvalue weighted by Crippen LogP contribution is 2.55. The molecule has 2 rings (SSSR count). The van der Waals surface area contributed by atoms with Crippen molar-refractivity contribution in [2.24, 2.45) is 11.3 Å². The third-order valence-electron chi connectivity index (χ3n) is 3.31. The highest BCUT2D eigenvalue weighted by Gasteiger charge is 2.63. The first-order valence-electron chi connectivity index (χ1n) is 5.33. The van der Waals surface area contributed by atoms with Gasteiger partial charge in [-0.05, 0) is 12.3 Å². The molecule has 0 saturated heterocycles. The highest BCUT2D eigenvalue weighted by atomic mass is 31.0. The molecule has 0 spiro atoms. The summed E-state index contributed by atoms with van der Waals surface area (Å²) in [5, 5.41) is 17.7. The minimum Gasteiger partial charge on any atom is -0.451 e. The Labute approximate surface area is 92.3 Å². The first-order valence-corrected chi connectivity index (χ1v) is 5.80. The van der Waals surface area contributed by atoms with Gasteiger partial charge < -0.3 is 14.7 Å². The second-order valence-electron chi connectivity index (χ2n) is 4.34. The van der Waals surface area contributed by atoms with Gasteiger partial charge in [0.05, 0.1) is 9.47 Å². The zero-order valence-corrected chi connectivity index (χ0v) is 10.1. The van der Waals surface area contributed by atoms with Gasteiger partial charge in [0.2, 0.25) is 0 Å². The molecule has 2 N–H and O–H groups in total. The fourth-order valence-corrected chi connectivity index (χ4v) is 1.78. The van der Waals surface area contributed by atoms with Crippen molar-refractivity contribution in [3.63, 3.8) is 0 Å². The molecule has 15 heavy (non-hydrogen) atoms. The molecule has 0 radical (unpaired) electrons. The van der Waals surface area contributed by atoms with Crippen LogP contribution >= 0.6 is 9.47 Å². The number of hydrogen-bond acceptors (Lipinski definition) is 4. The number of carbonyl (C=O) groups excluding carboxylic acids is 1. The van der Waals surface area contributed by atoms with Crippen molar-refractivity contribution in [3.05, 3.63) is 0 Å². The molecule has 3 unspecified atom stereocenters. The third kappa shape index (κ3) is 2.68. The molecule has 0 amide bonds. The maximum atomic E-state index is 11.0. The van der Waals surface area contributed by atoms with Gasteiger partial charge in [0.25, 0.3) is 0 Å². The van der Waals surface area contributed by atoms with Crippen LogP contribution < -0.4 is 0 Å². The van der Waals surface area contributed by atoms with Gasteiger partial charge in [-0.3, -0.25) is 4.79 Å². The van der Waals surface area contributed by atoms with Crippen molar-refractivity contribution in [2.45, 2.75) is 45.3 Å². The molecule has 0 bridgehead atoms. The first kappa shape index (κ1) is 12.9. The minimum atomic E-state index is -1.61. The largest absolute Gasteiger partial charge is 0.451 e. The lowest BCUT2D eigenvalue weighted by atomic mass is 10.0. The summed E-state index contributed by atoms with van der Waals surface area (Å²) in [7, 11) is 1.81. The van der Waals surface area contributed by atoms with Gasteiger partial charge in [-0.25, -0.2) is 0 Å². The molecular formula is C10H19O4P. The first-order chi connectivity index (χ1) is 7.05. The summed E-state index contributed by atoms with van der Waals surface area (Å²) in [6.45, 7) is 1.78.